The molecule has 1 aromatic heterocycles. The Labute approximate surface area is 108 Å². The summed E-state index contributed by atoms with van der Waals surface area (Å²) < 4.78 is 13.6. The van der Waals surface area contributed by atoms with E-state index in [0.29, 0.717) is 15.6 Å². The zero-order valence-electron chi connectivity index (χ0n) is 9.20. The van der Waals surface area contributed by atoms with Crippen LogP contribution in [0.3, 0.4) is 0 Å². The van der Waals surface area contributed by atoms with E-state index in [9.17, 15) is 4.39 Å². The first-order valence-corrected chi connectivity index (χ1v) is 6.32. The van der Waals surface area contributed by atoms with Crippen LogP contribution in [0.1, 0.15) is 5.01 Å². The largest absolute Gasteiger partial charge is 0.319 e. The zero-order valence-corrected chi connectivity index (χ0v) is 10.8. The molecule has 1 heterocycles. The summed E-state index contributed by atoms with van der Waals surface area (Å²) >= 11 is 7.22. The fourth-order valence-corrected chi connectivity index (χ4v) is 2.39. The molecule has 6 heteroatoms. The number of hydrogen-bond acceptors (Lipinski definition) is 4. The van der Waals surface area contributed by atoms with Crippen molar-refractivity contribution in [1.29, 1.82) is 0 Å². The van der Waals surface area contributed by atoms with Gasteiger partial charge >= 0.3 is 0 Å². The van der Waals surface area contributed by atoms with Crippen molar-refractivity contribution in [2.24, 2.45) is 0 Å². The predicted molar refractivity (Wildman–Crippen MR) is 67.9 cm³/mol. The van der Waals surface area contributed by atoms with Crippen LogP contribution in [0.4, 0.5) is 4.39 Å². The molecule has 0 unspecified atom stereocenters. The maximum atomic E-state index is 13.6. The molecule has 1 aromatic carbocycles. The van der Waals surface area contributed by atoms with Crippen LogP contribution in [0.2, 0.25) is 5.02 Å². The van der Waals surface area contributed by atoms with Crippen LogP contribution in [-0.2, 0) is 6.42 Å². The zero-order chi connectivity index (χ0) is 12.3. The van der Waals surface area contributed by atoms with Gasteiger partial charge in [-0.3, -0.25) is 0 Å². The number of nitrogens with zero attached hydrogens (tertiary/aromatic N) is 2. The SMILES string of the molecule is CNCCc1nnc(-c2cc(Cl)ccc2F)s1. The van der Waals surface area contributed by atoms with Crippen LogP contribution in [0.15, 0.2) is 18.2 Å². The van der Waals surface area contributed by atoms with E-state index in [2.05, 4.69) is 15.5 Å². The second-order valence-corrected chi connectivity index (χ2v) is 4.98. The second-order valence-electron chi connectivity index (χ2n) is 3.48. The molecule has 0 fully saturated rings. The van der Waals surface area contributed by atoms with Gasteiger partial charge < -0.3 is 5.32 Å². The normalized spacial score (nSPS) is 10.8. The lowest BCUT2D eigenvalue weighted by Gasteiger charge is -1.98. The van der Waals surface area contributed by atoms with Crippen molar-refractivity contribution in [2.45, 2.75) is 6.42 Å². The highest BCUT2D eigenvalue weighted by Gasteiger charge is 2.11. The van der Waals surface area contributed by atoms with Gasteiger partial charge in [-0.15, -0.1) is 10.2 Å². The lowest BCUT2D eigenvalue weighted by molar-refractivity contribution is 0.631. The van der Waals surface area contributed by atoms with E-state index < -0.39 is 0 Å². The van der Waals surface area contributed by atoms with Crippen LogP contribution in [0, 0.1) is 5.82 Å². The summed E-state index contributed by atoms with van der Waals surface area (Å²) in [4.78, 5) is 0. The third-order valence-corrected chi connectivity index (χ3v) is 3.47. The van der Waals surface area contributed by atoms with Gasteiger partial charge in [0.05, 0.1) is 0 Å². The van der Waals surface area contributed by atoms with Gasteiger partial charge in [0, 0.05) is 23.6 Å². The summed E-state index contributed by atoms with van der Waals surface area (Å²) in [6.45, 7) is 0.826. The minimum atomic E-state index is -0.328. The Bertz CT molecular complexity index is 515. The molecule has 0 atom stereocenters. The van der Waals surface area contributed by atoms with Gasteiger partial charge in [-0.05, 0) is 25.2 Å². The molecule has 0 aliphatic heterocycles. The first-order valence-electron chi connectivity index (χ1n) is 5.13. The molecule has 0 amide bonds. The average molecular weight is 272 g/mol. The van der Waals surface area contributed by atoms with E-state index in [1.54, 1.807) is 6.07 Å². The monoisotopic (exact) mass is 271 g/mol. The fourth-order valence-electron chi connectivity index (χ4n) is 1.36. The van der Waals surface area contributed by atoms with Crippen molar-refractivity contribution in [3.8, 4) is 10.6 Å². The minimum Gasteiger partial charge on any atom is -0.319 e. The molecule has 0 bridgehead atoms. The van der Waals surface area contributed by atoms with Gasteiger partial charge in [0.1, 0.15) is 10.8 Å². The number of aromatic nitrogens is 2. The van der Waals surface area contributed by atoms with Crippen molar-refractivity contribution in [1.82, 2.24) is 15.5 Å². The second kappa shape index (κ2) is 5.53. The maximum absolute atomic E-state index is 13.6. The Morgan fingerprint density at radius 3 is 3.00 bits per heavy atom. The summed E-state index contributed by atoms with van der Waals surface area (Å²) in [7, 11) is 1.87. The smallest absolute Gasteiger partial charge is 0.150 e. The number of nitrogens with one attached hydrogen (secondary N) is 1. The van der Waals surface area contributed by atoms with Gasteiger partial charge in [0.15, 0.2) is 5.01 Å². The van der Waals surface area contributed by atoms with Crippen LogP contribution >= 0.6 is 22.9 Å². The van der Waals surface area contributed by atoms with Crippen LogP contribution < -0.4 is 5.32 Å². The van der Waals surface area contributed by atoms with Gasteiger partial charge in [-0.25, -0.2) is 4.39 Å². The summed E-state index contributed by atoms with van der Waals surface area (Å²) in [6, 6.07) is 4.43. The molecule has 2 rings (SSSR count). The lowest BCUT2D eigenvalue weighted by atomic mass is 10.2. The Balaban J connectivity index is 2.27. The van der Waals surface area contributed by atoms with E-state index in [1.807, 2.05) is 7.05 Å². The highest BCUT2D eigenvalue weighted by molar-refractivity contribution is 7.14. The van der Waals surface area contributed by atoms with E-state index in [0.717, 1.165) is 18.0 Å². The highest BCUT2D eigenvalue weighted by atomic mass is 35.5. The summed E-state index contributed by atoms with van der Waals surface area (Å²) in [5, 5.41) is 13.0. The first-order chi connectivity index (χ1) is 8.20. The molecular formula is C11H11ClFN3S. The topological polar surface area (TPSA) is 37.8 Å². The van der Waals surface area contributed by atoms with Crippen LogP contribution in [-0.4, -0.2) is 23.8 Å². The summed E-state index contributed by atoms with van der Waals surface area (Å²) in [6.07, 6.45) is 0.788. The highest BCUT2D eigenvalue weighted by Crippen LogP contribution is 2.28. The van der Waals surface area contributed by atoms with Crippen LogP contribution in [0.5, 0.6) is 0 Å². The number of rotatable bonds is 4. The van der Waals surface area contributed by atoms with E-state index in [4.69, 9.17) is 11.6 Å². The van der Waals surface area contributed by atoms with Gasteiger partial charge in [0.2, 0.25) is 0 Å². The predicted octanol–water partition coefficient (Wildman–Crippen LogP) is 2.76. The van der Waals surface area contributed by atoms with Gasteiger partial charge in [-0.2, -0.15) is 0 Å². The van der Waals surface area contributed by atoms with Crippen molar-refractivity contribution in [3.63, 3.8) is 0 Å². The van der Waals surface area contributed by atoms with Gasteiger partial charge in [0.25, 0.3) is 0 Å². The Kier molecular flexibility index (Phi) is 4.04. The molecule has 0 radical (unpaired) electrons. The first kappa shape index (κ1) is 12.4. The molecule has 0 saturated heterocycles. The van der Waals surface area contributed by atoms with E-state index in [1.165, 1.54) is 23.5 Å². The standard InChI is InChI=1S/C11H11ClFN3S/c1-14-5-4-10-15-16-11(17-10)8-6-7(12)2-3-9(8)13/h2-3,6,14H,4-5H2,1H3. The lowest BCUT2D eigenvalue weighted by Crippen LogP contribution is -2.09. The Morgan fingerprint density at radius 1 is 1.41 bits per heavy atom. The Morgan fingerprint density at radius 2 is 2.24 bits per heavy atom. The van der Waals surface area contributed by atoms with Crippen molar-refractivity contribution in [3.05, 3.63) is 34.0 Å². The average Bonchev–Trinajstić information content (AvgIpc) is 2.78. The molecule has 90 valence electrons. The summed E-state index contributed by atoms with van der Waals surface area (Å²) in [5.74, 6) is -0.328. The van der Waals surface area contributed by atoms with Crippen LogP contribution in [0.25, 0.3) is 10.6 Å². The maximum Gasteiger partial charge on any atom is 0.150 e. The van der Waals surface area contributed by atoms with E-state index >= 15 is 0 Å². The quantitative estimate of drug-likeness (QED) is 0.929. The molecule has 2 aromatic rings. The van der Waals surface area contributed by atoms with E-state index in [-0.39, 0.29) is 5.82 Å². The minimum absolute atomic E-state index is 0.328. The fraction of sp³-hybridized carbons (Fsp3) is 0.273. The molecule has 0 aliphatic rings. The molecule has 1 N–H and O–H groups in total. The molecule has 0 saturated carbocycles. The molecule has 3 nitrogen and oxygen atoms in total. The van der Waals surface area contributed by atoms with Gasteiger partial charge in [-0.1, -0.05) is 22.9 Å². The van der Waals surface area contributed by atoms with Crippen molar-refractivity contribution in [2.75, 3.05) is 13.6 Å². The number of benzene rings is 1. The number of likely N-dealkylation sites (N-methyl/N-ethyl adjacent to an activating group) is 1. The number of halogens is 2. The summed E-state index contributed by atoms with van der Waals surface area (Å²) in [5.41, 5.74) is 0.408. The van der Waals surface area contributed by atoms with Crippen molar-refractivity contribution < 1.29 is 4.39 Å². The third kappa shape index (κ3) is 3.00. The molecule has 17 heavy (non-hydrogen) atoms. The molecule has 0 spiro atoms. The van der Waals surface area contributed by atoms with Crippen molar-refractivity contribution >= 4 is 22.9 Å². The number of hydrogen-bond donors (Lipinski definition) is 1. The molecule has 0 aliphatic carbocycles. The molecular weight excluding hydrogens is 261 g/mol. The Hall–Kier alpha value is -1.04. The third-order valence-electron chi connectivity index (χ3n) is 2.21.